The molecule has 0 fully saturated rings. The van der Waals surface area contributed by atoms with Gasteiger partial charge in [-0.25, -0.2) is 0 Å². The van der Waals surface area contributed by atoms with Crippen molar-refractivity contribution < 1.29 is 0 Å². The van der Waals surface area contributed by atoms with Gasteiger partial charge in [0.05, 0.1) is 0 Å². The highest BCUT2D eigenvalue weighted by atomic mass is 31.1. The molecule has 1 rings (SSSR count). The molecule has 0 amide bonds. The Balaban J connectivity index is 2.78. The van der Waals surface area contributed by atoms with Gasteiger partial charge in [0, 0.05) is 0 Å². The Morgan fingerprint density at radius 1 is 1.26 bits per heavy atom. The minimum absolute atomic E-state index is 0.901. The fourth-order valence-corrected chi connectivity index (χ4v) is 3.06. The van der Waals surface area contributed by atoms with Crippen molar-refractivity contribution in [3.63, 3.8) is 0 Å². The van der Waals surface area contributed by atoms with Gasteiger partial charge in [-0.1, -0.05) is 63.9 Å². The van der Waals surface area contributed by atoms with Crippen molar-refractivity contribution in [3.8, 4) is 0 Å². The third-order valence-electron chi connectivity index (χ3n) is 3.73. The third-order valence-corrected chi connectivity index (χ3v) is 4.74. The molecule has 0 saturated carbocycles. The molecule has 19 heavy (non-hydrogen) atoms. The smallest absolute Gasteiger partial charge is 0.0240 e. The van der Waals surface area contributed by atoms with E-state index in [1.165, 1.54) is 29.6 Å². The minimum atomic E-state index is 0.901. The van der Waals surface area contributed by atoms with Crippen molar-refractivity contribution >= 4 is 13.9 Å². The maximum absolute atomic E-state index is 3.84. The van der Waals surface area contributed by atoms with Gasteiger partial charge in [-0.15, -0.1) is 0 Å². The van der Waals surface area contributed by atoms with Crippen LogP contribution in [0.1, 0.15) is 44.7 Å². The highest BCUT2D eigenvalue weighted by molar-refractivity contribution is 7.46. The third kappa shape index (κ3) is 4.96. The van der Waals surface area contributed by atoms with Gasteiger partial charge in [-0.3, -0.25) is 0 Å². The van der Waals surface area contributed by atoms with E-state index in [1.807, 2.05) is 6.08 Å². The summed E-state index contributed by atoms with van der Waals surface area (Å²) in [5, 5.41) is 1.56. The summed E-state index contributed by atoms with van der Waals surface area (Å²) in [6.45, 7) is 12.7. The largest absolute Gasteiger partial charge is 0.0988 e. The van der Waals surface area contributed by atoms with Crippen molar-refractivity contribution in [2.75, 3.05) is 6.66 Å². The van der Waals surface area contributed by atoms with Crippen molar-refractivity contribution in [1.29, 1.82) is 0 Å². The summed E-state index contributed by atoms with van der Waals surface area (Å²) in [5.41, 5.74) is 5.79. The number of aryl methyl sites for hydroxylation is 2. The molecule has 0 nitrogen and oxygen atoms in total. The van der Waals surface area contributed by atoms with E-state index < -0.39 is 0 Å². The van der Waals surface area contributed by atoms with Crippen LogP contribution in [0.3, 0.4) is 0 Å². The lowest BCUT2D eigenvalue weighted by Crippen LogP contribution is -2.05. The number of rotatable bonds is 7. The molecule has 0 N–H and O–H groups in total. The standard InChI is InChI=1S/C18H27P/c1-6-8-17-12-11-16(13-18(17)19-5)10-9-15(4)14(3)7-2/h7,11-13,19H,2,6,8-10H2,1,3-5H3/b15-14+. The summed E-state index contributed by atoms with van der Waals surface area (Å²) >= 11 is 0. The molecule has 1 aromatic carbocycles. The molecular weight excluding hydrogens is 247 g/mol. The zero-order chi connectivity index (χ0) is 14.3. The Bertz CT molecular complexity index is 455. The molecule has 0 aromatic heterocycles. The van der Waals surface area contributed by atoms with Crippen LogP contribution in [0.2, 0.25) is 0 Å². The van der Waals surface area contributed by atoms with Gasteiger partial charge in [-0.2, -0.15) is 0 Å². The first-order chi connectivity index (χ1) is 9.12. The van der Waals surface area contributed by atoms with Crippen LogP contribution >= 0.6 is 8.58 Å². The van der Waals surface area contributed by atoms with Crippen molar-refractivity contribution in [3.05, 3.63) is 53.1 Å². The molecule has 0 spiro atoms. The number of hydrogen-bond donors (Lipinski definition) is 0. The monoisotopic (exact) mass is 274 g/mol. The zero-order valence-corrected chi connectivity index (χ0v) is 13.8. The van der Waals surface area contributed by atoms with Gasteiger partial charge in [0.25, 0.3) is 0 Å². The van der Waals surface area contributed by atoms with Crippen LogP contribution in [0.15, 0.2) is 42.0 Å². The summed E-state index contributed by atoms with van der Waals surface area (Å²) in [6, 6.07) is 7.06. The quantitative estimate of drug-likeness (QED) is 0.483. The van der Waals surface area contributed by atoms with Crippen molar-refractivity contribution in [1.82, 2.24) is 0 Å². The van der Waals surface area contributed by atoms with Gasteiger partial charge in [0.2, 0.25) is 0 Å². The fraction of sp³-hybridized carbons (Fsp3) is 0.444. The Kier molecular flexibility index (Phi) is 7.10. The highest BCUT2D eigenvalue weighted by Crippen LogP contribution is 2.17. The van der Waals surface area contributed by atoms with Crippen LogP contribution < -0.4 is 5.30 Å². The maximum Gasteiger partial charge on any atom is -0.0240 e. The average molecular weight is 274 g/mol. The number of benzene rings is 1. The summed E-state index contributed by atoms with van der Waals surface area (Å²) < 4.78 is 0. The van der Waals surface area contributed by atoms with Crippen LogP contribution in [0.5, 0.6) is 0 Å². The van der Waals surface area contributed by atoms with Crippen LogP contribution in [0.25, 0.3) is 0 Å². The lowest BCUT2D eigenvalue weighted by Gasteiger charge is -2.10. The summed E-state index contributed by atoms with van der Waals surface area (Å²) in [7, 11) is 0.901. The van der Waals surface area contributed by atoms with Gasteiger partial charge in [-0.05, 0) is 56.2 Å². The van der Waals surface area contributed by atoms with E-state index in [2.05, 4.69) is 52.2 Å². The van der Waals surface area contributed by atoms with Crippen molar-refractivity contribution in [2.24, 2.45) is 0 Å². The van der Waals surface area contributed by atoms with E-state index in [0.29, 0.717) is 0 Å². The molecule has 0 radical (unpaired) electrons. The Labute approximate surface area is 120 Å². The van der Waals surface area contributed by atoms with Gasteiger partial charge >= 0.3 is 0 Å². The minimum Gasteiger partial charge on any atom is -0.0988 e. The lowest BCUT2D eigenvalue weighted by atomic mass is 10.0. The first-order valence-electron chi connectivity index (χ1n) is 7.20. The van der Waals surface area contributed by atoms with Gasteiger partial charge in [0.1, 0.15) is 0 Å². The molecule has 104 valence electrons. The first kappa shape index (κ1) is 16.2. The van der Waals surface area contributed by atoms with Crippen LogP contribution in [-0.4, -0.2) is 6.66 Å². The molecule has 1 aromatic rings. The van der Waals surface area contributed by atoms with Gasteiger partial charge in [0.15, 0.2) is 0 Å². The Hall–Kier alpha value is -0.870. The van der Waals surface area contributed by atoms with Crippen LogP contribution in [0.4, 0.5) is 0 Å². The fourth-order valence-electron chi connectivity index (χ4n) is 2.20. The molecule has 0 saturated heterocycles. The molecule has 1 atom stereocenters. The summed E-state index contributed by atoms with van der Waals surface area (Å²) in [6.07, 6.45) is 6.68. The second kappa shape index (κ2) is 8.33. The Morgan fingerprint density at radius 3 is 2.58 bits per heavy atom. The maximum atomic E-state index is 3.84. The van der Waals surface area contributed by atoms with Crippen LogP contribution in [-0.2, 0) is 12.8 Å². The van der Waals surface area contributed by atoms with E-state index in [-0.39, 0.29) is 0 Å². The number of allylic oxidation sites excluding steroid dienone is 3. The topological polar surface area (TPSA) is 0 Å². The Morgan fingerprint density at radius 2 is 2.00 bits per heavy atom. The molecule has 1 heteroatoms. The SMILES string of the molecule is C=C/C(C)=C(\C)CCc1ccc(CCC)c(PC)c1. The molecule has 0 aliphatic heterocycles. The van der Waals surface area contributed by atoms with E-state index in [9.17, 15) is 0 Å². The van der Waals surface area contributed by atoms with E-state index in [4.69, 9.17) is 0 Å². The average Bonchev–Trinajstić information content (AvgIpc) is 2.45. The lowest BCUT2D eigenvalue weighted by molar-refractivity contribution is 0.913. The van der Waals surface area contributed by atoms with Gasteiger partial charge < -0.3 is 0 Å². The summed E-state index contributed by atoms with van der Waals surface area (Å²) in [4.78, 5) is 0. The molecule has 0 bridgehead atoms. The molecule has 0 heterocycles. The first-order valence-corrected chi connectivity index (χ1v) is 8.70. The summed E-state index contributed by atoms with van der Waals surface area (Å²) in [5.74, 6) is 0. The molecule has 0 aliphatic rings. The normalized spacial score (nSPS) is 12.8. The van der Waals surface area contributed by atoms with E-state index in [0.717, 1.165) is 21.4 Å². The second-order valence-electron chi connectivity index (χ2n) is 5.16. The van der Waals surface area contributed by atoms with Crippen LogP contribution in [0, 0.1) is 0 Å². The van der Waals surface area contributed by atoms with Crippen molar-refractivity contribution in [2.45, 2.75) is 46.5 Å². The molecular formula is C18H27P. The second-order valence-corrected chi connectivity index (χ2v) is 6.20. The zero-order valence-electron chi connectivity index (χ0n) is 12.8. The highest BCUT2D eigenvalue weighted by Gasteiger charge is 2.03. The van der Waals surface area contributed by atoms with E-state index >= 15 is 0 Å². The molecule has 0 aliphatic carbocycles. The predicted octanol–water partition coefficient (Wildman–Crippen LogP) is 5.03. The molecule has 1 unspecified atom stereocenters. The predicted molar refractivity (Wildman–Crippen MR) is 91.2 cm³/mol. The number of hydrogen-bond acceptors (Lipinski definition) is 0. The van der Waals surface area contributed by atoms with E-state index in [1.54, 1.807) is 10.9 Å².